The number of ether oxygens (including phenoxy) is 2. The summed E-state index contributed by atoms with van der Waals surface area (Å²) in [6.07, 6.45) is 1.96. The van der Waals surface area contributed by atoms with Crippen LogP contribution in [0.1, 0.15) is 28.3 Å². The average Bonchev–Trinajstić information content (AvgIpc) is 3.35. The molecule has 138 valence electrons. The Labute approximate surface area is 156 Å². The maximum atomic E-state index is 12.9. The van der Waals surface area contributed by atoms with Gasteiger partial charge in [0.25, 0.3) is 5.91 Å². The molecule has 0 spiro atoms. The molecule has 0 aliphatic carbocycles. The Morgan fingerprint density at radius 3 is 2.89 bits per heavy atom. The van der Waals surface area contributed by atoms with Gasteiger partial charge in [0.2, 0.25) is 6.79 Å². The van der Waals surface area contributed by atoms with Crippen LogP contribution < -0.4 is 9.47 Å². The number of aromatic amines is 1. The fourth-order valence-corrected chi connectivity index (χ4v) is 4.02. The van der Waals surface area contributed by atoms with Crippen LogP contribution in [0, 0.1) is 0 Å². The van der Waals surface area contributed by atoms with Gasteiger partial charge in [-0.05, 0) is 48.4 Å². The molecule has 0 radical (unpaired) electrons. The van der Waals surface area contributed by atoms with Gasteiger partial charge in [-0.2, -0.15) is 0 Å². The van der Waals surface area contributed by atoms with Crippen molar-refractivity contribution in [3.05, 3.63) is 59.8 Å². The van der Waals surface area contributed by atoms with Crippen LogP contribution in [0.15, 0.2) is 48.7 Å². The van der Waals surface area contributed by atoms with E-state index in [9.17, 15) is 9.90 Å². The van der Waals surface area contributed by atoms with Crippen LogP contribution in [0.4, 0.5) is 0 Å². The Morgan fingerprint density at radius 1 is 1.11 bits per heavy atom. The Bertz CT molecular complexity index is 1010. The number of H-pyrrole nitrogens is 1. The molecule has 2 aliphatic heterocycles. The first-order valence-corrected chi connectivity index (χ1v) is 9.13. The minimum atomic E-state index is -0.612. The predicted molar refractivity (Wildman–Crippen MR) is 100 cm³/mol. The summed E-state index contributed by atoms with van der Waals surface area (Å²) in [4.78, 5) is 17.7. The summed E-state index contributed by atoms with van der Waals surface area (Å²) in [5, 5.41) is 11.7. The molecule has 2 N–H and O–H groups in total. The topological polar surface area (TPSA) is 74.8 Å². The Hall–Kier alpha value is -2.99. The first-order chi connectivity index (χ1) is 13.2. The number of likely N-dealkylation sites (tertiary alicyclic amines) is 1. The normalized spacial score (nSPS) is 21.6. The fourth-order valence-electron chi connectivity index (χ4n) is 4.02. The van der Waals surface area contributed by atoms with Crippen LogP contribution in [-0.4, -0.2) is 46.9 Å². The van der Waals surface area contributed by atoms with Gasteiger partial charge in [-0.3, -0.25) is 4.79 Å². The van der Waals surface area contributed by atoms with Crippen molar-refractivity contribution < 1.29 is 19.4 Å². The Morgan fingerprint density at radius 2 is 2.00 bits per heavy atom. The predicted octanol–water partition coefficient (Wildman–Crippen LogP) is 2.89. The molecule has 6 nitrogen and oxygen atoms in total. The largest absolute Gasteiger partial charge is 0.454 e. The lowest BCUT2D eigenvalue weighted by molar-refractivity contribution is 0.0382. The highest BCUT2D eigenvalue weighted by atomic mass is 16.7. The molecule has 2 aromatic carbocycles. The molecule has 1 amide bonds. The number of piperidine rings is 1. The number of β-amino-alcohol motifs (C(OH)–C–C–N with tert-alkyl or cyclic N) is 1. The van der Waals surface area contributed by atoms with Crippen molar-refractivity contribution in [1.29, 1.82) is 0 Å². The first-order valence-electron chi connectivity index (χ1n) is 9.13. The SMILES string of the molecule is O=C(c1ccc2[nH]ccc2c1)N1CC[C@@H](c2ccc3c(c2)OCO3)[C@H](O)C1. The van der Waals surface area contributed by atoms with Gasteiger partial charge in [-0.1, -0.05) is 6.07 Å². The second-order valence-corrected chi connectivity index (χ2v) is 7.11. The van der Waals surface area contributed by atoms with Crippen LogP contribution in [-0.2, 0) is 0 Å². The molecule has 3 heterocycles. The Kier molecular flexibility index (Phi) is 3.79. The average molecular weight is 364 g/mol. The zero-order chi connectivity index (χ0) is 18.4. The monoisotopic (exact) mass is 364 g/mol. The molecule has 0 bridgehead atoms. The van der Waals surface area contributed by atoms with Gasteiger partial charge in [0, 0.05) is 41.7 Å². The van der Waals surface area contributed by atoms with E-state index in [-0.39, 0.29) is 18.6 Å². The minimum Gasteiger partial charge on any atom is -0.454 e. The molecule has 0 saturated carbocycles. The number of rotatable bonds is 2. The summed E-state index contributed by atoms with van der Waals surface area (Å²) in [6.45, 7) is 1.17. The molecule has 6 heteroatoms. The second kappa shape index (κ2) is 6.32. The molecule has 3 aromatic rings. The van der Waals surface area contributed by atoms with Crippen molar-refractivity contribution in [2.45, 2.75) is 18.4 Å². The van der Waals surface area contributed by atoms with Gasteiger partial charge in [0.15, 0.2) is 11.5 Å². The number of benzene rings is 2. The summed E-state index contributed by atoms with van der Waals surface area (Å²) in [7, 11) is 0. The van der Waals surface area contributed by atoms with Gasteiger partial charge in [0.1, 0.15) is 0 Å². The molecule has 27 heavy (non-hydrogen) atoms. The van der Waals surface area contributed by atoms with E-state index in [1.807, 2.05) is 48.7 Å². The van der Waals surface area contributed by atoms with Crippen LogP contribution in [0.5, 0.6) is 11.5 Å². The zero-order valence-corrected chi connectivity index (χ0v) is 14.7. The number of fused-ring (bicyclic) bond motifs is 2. The maximum absolute atomic E-state index is 12.9. The van der Waals surface area contributed by atoms with E-state index in [1.54, 1.807) is 4.90 Å². The van der Waals surface area contributed by atoms with E-state index in [4.69, 9.17) is 9.47 Å². The number of amides is 1. The van der Waals surface area contributed by atoms with Crippen LogP contribution in [0.2, 0.25) is 0 Å². The highest BCUT2D eigenvalue weighted by Gasteiger charge is 2.32. The molecular formula is C21H20N2O4. The summed E-state index contributed by atoms with van der Waals surface area (Å²) in [6, 6.07) is 13.4. The third-order valence-corrected chi connectivity index (χ3v) is 5.49. The second-order valence-electron chi connectivity index (χ2n) is 7.11. The van der Waals surface area contributed by atoms with Crippen molar-refractivity contribution in [2.24, 2.45) is 0 Å². The third-order valence-electron chi connectivity index (χ3n) is 5.49. The molecule has 1 fully saturated rings. The highest BCUT2D eigenvalue weighted by Crippen LogP contribution is 2.37. The van der Waals surface area contributed by atoms with Gasteiger partial charge in [-0.25, -0.2) is 0 Å². The van der Waals surface area contributed by atoms with Gasteiger partial charge >= 0.3 is 0 Å². The molecular weight excluding hydrogens is 344 g/mol. The van der Waals surface area contributed by atoms with Crippen LogP contribution in [0.25, 0.3) is 10.9 Å². The lowest BCUT2D eigenvalue weighted by atomic mass is 9.86. The smallest absolute Gasteiger partial charge is 0.253 e. The van der Waals surface area contributed by atoms with Gasteiger partial charge < -0.3 is 24.5 Å². The molecule has 1 aromatic heterocycles. The number of carbonyl (C=O) groups is 1. The molecule has 1 saturated heterocycles. The van der Waals surface area contributed by atoms with Crippen molar-refractivity contribution in [3.8, 4) is 11.5 Å². The third kappa shape index (κ3) is 2.82. The van der Waals surface area contributed by atoms with Crippen LogP contribution >= 0.6 is 0 Å². The van der Waals surface area contributed by atoms with E-state index in [0.717, 1.165) is 28.0 Å². The minimum absolute atomic E-state index is 0.0179. The van der Waals surface area contributed by atoms with Crippen molar-refractivity contribution >= 4 is 16.8 Å². The Balaban J connectivity index is 1.32. The number of aliphatic hydroxyl groups excluding tert-OH is 1. The standard InChI is InChI=1S/C21H20N2O4/c24-18-11-23(21(25)15-1-3-17-14(9-15)5-7-22-17)8-6-16(18)13-2-4-19-20(10-13)27-12-26-19/h1-5,7,9-10,16,18,22,24H,6,8,11-12H2/t16-,18+/m0/s1. The zero-order valence-electron chi connectivity index (χ0n) is 14.7. The van der Waals surface area contributed by atoms with E-state index in [2.05, 4.69) is 4.98 Å². The number of nitrogens with one attached hydrogen (secondary N) is 1. The number of hydrogen-bond acceptors (Lipinski definition) is 4. The number of hydrogen-bond donors (Lipinski definition) is 2. The maximum Gasteiger partial charge on any atom is 0.253 e. The summed E-state index contributed by atoms with van der Waals surface area (Å²) in [5.74, 6) is 1.40. The summed E-state index contributed by atoms with van der Waals surface area (Å²) < 4.78 is 10.8. The molecule has 2 aliphatic rings. The van der Waals surface area contributed by atoms with E-state index in [0.29, 0.717) is 25.1 Å². The number of aromatic nitrogens is 1. The van der Waals surface area contributed by atoms with E-state index >= 15 is 0 Å². The lowest BCUT2D eigenvalue weighted by Crippen LogP contribution is -2.45. The van der Waals surface area contributed by atoms with Gasteiger partial charge in [-0.15, -0.1) is 0 Å². The quantitative estimate of drug-likeness (QED) is 0.733. The summed E-state index contributed by atoms with van der Waals surface area (Å²) in [5.41, 5.74) is 2.68. The lowest BCUT2D eigenvalue weighted by Gasteiger charge is -2.36. The highest BCUT2D eigenvalue weighted by molar-refractivity contribution is 5.98. The number of aliphatic hydroxyl groups is 1. The molecule has 5 rings (SSSR count). The van der Waals surface area contributed by atoms with Crippen LogP contribution in [0.3, 0.4) is 0 Å². The molecule has 2 atom stereocenters. The van der Waals surface area contributed by atoms with Crippen molar-refractivity contribution in [3.63, 3.8) is 0 Å². The van der Waals surface area contributed by atoms with Crippen molar-refractivity contribution in [2.75, 3.05) is 19.9 Å². The number of nitrogens with zero attached hydrogens (tertiary/aromatic N) is 1. The van der Waals surface area contributed by atoms with E-state index < -0.39 is 6.10 Å². The van der Waals surface area contributed by atoms with E-state index in [1.165, 1.54) is 0 Å². The number of carbonyl (C=O) groups excluding carboxylic acids is 1. The first kappa shape index (κ1) is 16.2. The van der Waals surface area contributed by atoms with Gasteiger partial charge in [0.05, 0.1) is 6.10 Å². The van der Waals surface area contributed by atoms with Crippen molar-refractivity contribution in [1.82, 2.24) is 9.88 Å². The summed E-state index contributed by atoms with van der Waals surface area (Å²) >= 11 is 0. The molecule has 0 unspecified atom stereocenters. The fraction of sp³-hybridized carbons (Fsp3) is 0.286.